The van der Waals surface area contributed by atoms with Crippen LogP contribution in [0.4, 0.5) is 0 Å². The lowest BCUT2D eigenvalue weighted by atomic mass is 10.1. The van der Waals surface area contributed by atoms with Crippen LogP contribution >= 0.6 is 11.6 Å². The Hall–Kier alpha value is -1.59. The van der Waals surface area contributed by atoms with Crippen molar-refractivity contribution in [3.63, 3.8) is 0 Å². The van der Waals surface area contributed by atoms with Gasteiger partial charge in [0.1, 0.15) is 6.04 Å². The Bertz CT molecular complexity index is 504. The van der Waals surface area contributed by atoms with E-state index in [4.69, 9.17) is 23.1 Å². The topological polar surface area (TPSA) is 89.4 Å². The molecular formula is C14H18ClN3O2. The van der Waals surface area contributed by atoms with Crippen molar-refractivity contribution in [1.29, 1.82) is 0 Å². The van der Waals surface area contributed by atoms with Crippen LogP contribution in [0.2, 0.25) is 5.02 Å². The Balaban J connectivity index is 2.01. The van der Waals surface area contributed by atoms with Gasteiger partial charge in [0.25, 0.3) is 0 Å². The molecule has 0 spiro atoms. The largest absolute Gasteiger partial charge is 0.368 e. The van der Waals surface area contributed by atoms with Gasteiger partial charge in [0.2, 0.25) is 11.8 Å². The van der Waals surface area contributed by atoms with E-state index in [0.717, 1.165) is 12.0 Å². The predicted octanol–water partition coefficient (Wildman–Crippen LogP) is 0.686. The first-order valence-corrected chi connectivity index (χ1v) is 6.96. The number of nitrogens with zero attached hydrogens (tertiary/aromatic N) is 1. The molecule has 0 radical (unpaired) electrons. The van der Waals surface area contributed by atoms with Gasteiger partial charge >= 0.3 is 0 Å². The van der Waals surface area contributed by atoms with E-state index in [0.29, 0.717) is 24.4 Å². The normalized spacial score (nSPS) is 19.9. The lowest BCUT2D eigenvalue weighted by molar-refractivity contribution is -0.138. The van der Waals surface area contributed by atoms with Crippen molar-refractivity contribution in [2.75, 3.05) is 6.54 Å². The third-order valence-corrected chi connectivity index (χ3v) is 3.80. The SMILES string of the molecule is NC(=O)[C@@H]1CCCN1C(=O)[C@@H](N)Cc1ccc(Cl)cc1. The van der Waals surface area contributed by atoms with E-state index < -0.39 is 18.0 Å². The van der Waals surface area contributed by atoms with Crippen LogP contribution in [0.3, 0.4) is 0 Å². The number of hydrogen-bond acceptors (Lipinski definition) is 3. The van der Waals surface area contributed by atoms with Gasteiger partial charge in [-0.25, -0.2) is 0 Å². The predicted molar refractivity (Wildman–Crippen MR) is 77.1 cm³/mol. The summed E-state index contributed by atoms with van der Waals surface area (Å²) in [4.78, 5) is 25.1. The molecule has 0 unspecified atom stereocenters. The minimum atomic E-state index is -0.670. The number of likely N-dealkylation sites (tertiary alicyclic amines) is 1. The second-order valence-corrected chi connectivity index (χ2v) is 5.47. The summed E-state index contributed by atoms with van der Waals surface area (Å²) in [7, 11) is 0. The van der Waals surface area contributed by atoms with Gasteiger partial charge in [-0.2, -0.15) is 0 Å². The lowest BCUT2D eigenvalue weighted by Crippen LogP contribution is -2.50. The van der Waals surface area contributed by atoms with Crippen LogP contribution in [0.5, 0.6) is 0 Å². The maximum atomic E-state index is 12.3. The number of nitrogens with two attached hydrogens (primary N) is 2. The first-order valence-electron chi connectivity index (χ1n) is 6.59. The Morgan fingerprint density at radius 1 is 1.35 bits per heavy atom. The number of hydrogen-bond donors (Lipinski definition) is 2. The van der Waals surface area contributed by atoms with E-state index in [1.54, 1.807) is 12.1 Å². The molecule has 1 aromatic rings. The van der Waals surface area contributed by atoms with Crippen LogP contribution in [0.25, 0.3) is 0 Å². The molecule has 0 bridgehead atoms. The number of benzene rings is 1. The summed E-state index contributed by atoms with van der Waals surface area (Å²) < 4.78 is 0. The van der Waals surface area contributed by atoms with Gasteiger partial charge in [-0.3, -0.25) is 9.59 Å². The number of carbonyl (C=O) groups excluding carboxylic acids is 2. The van der Waals surface area contributed by atoms with Gasteiger partial charge in [-0.05, 0) is 37.0 Å². The Morgan fingerprint density at radius 3 is 2.60 bits per heavy atom. The molecule has 1 aromatic carbocycles. The van der Waals surface area contributed by atoms with Gasteiger partial charge in [-0.1, -0.05) is 23.7 Å². The van der Waals surface area contributed by atoms with Crippen LogP contribution in [0, 0.1) is 0 Å². The molecule has 1 aliphatic rings. The first kappa shape index (κ1) is 14.8. The highest BCUT2D eigenvalue weighted by atomic mass is 35.5. The van der Waals surface area contributed by atoms with Gasteiger partial charge in [0.15, 0.2) is 0 Å². The lowest BCUT2D eigenvalue weighted by Gasteiger charge is -2.25. The Kier molecular flexibility index (Phi) is 4.62. The maximum absolute atomic E-state index is 12.3. The summed E-state index contributed by atoms with van der Waals surface area (Å²) in [6.45, 7) is 0.542. The molecule has 1 aliphatic heterocycles. The molecule has 20 heavy (non-hydrogen) atoms. The van der Waals surface area contributed by atoms with Crippen molar-refractivity contribution < 1.29 is 9.59 Å². The summed E-state index contributed by atoms with van der Waals surface area (Å²) in [6, 6.07) is 6.01. The molecule has 108 valence electrons. The van der Waals surface area contributed by atoms with Gasteiger partial charge in [-0.15, -0.1) is 0 Å². The highest BCUT2D eigenvalue weighted by Gasteiger charge is 2.34. The van der Waals surface area contributed by atoms with Crippen LogP contribution in [0.15, 0.2) is 24.3 Å². The van der Waals surface area contributed by atoms with Crippen LogP contribution < -0.4 is 11.5 Å². The van der Waals surface area contributed by atoms with Crippen LogP contribution in [-0.2, 0) is 16.0 Å². The fraction of sp³-hybridized carbons (Fsp3) is 0.429. The average molecular weight is 296 g/mol. The molecule has 0 saturated carbocycles. The van der Waals surface area contributed by atoms with Crippen LogP contribution in [-0.4, -0.2) is 35.3 Å². The highest BCUT2D eigenvalue weighted by Crippen LogP contribution is 2.19. The van der Waals surface area contributed by atoms with Crippen molar-refractivity contribution in [1.82, 2.24) is 4.90 Å². The van der Waals surface area contributed by atoms with Gasteiger partial charge in [0, 0.05) is 11.6 Å². The average Bonchev–Trinajstić information content (AvgIpc) is 2.90. The zero-order valence-electron chi connectivity index (χ0n) is 11.1. The molecule has 1 fully saturated rings. The number of primary amides is 1. The van der Waals surface area contributed by atoms with Crippen LogP contribution in [0.1, 0.15) is 18.4 Å². The van der Waals surface area contributed by atoms with Gasteiger partial charge < -0.3 is 16.4 Å². The molecule has 2 amide bonds. The molecule has 2 atom stereocenters. The summed E-state index contributed by atoms with van der Waals surface area (Å²) in [5.74, 6) is -0.684. The van der Waals surface area contributed by atoms with Crippen molar-refractivity contribution in [3.05, 3.63) is 34.9 Å². The molecule has 2 rings (SSSR count). The Labute approximate surface area is 122 Å². The van der Waals surface area contributed by atoms with Crippen molar-refractivity contribution in [2.24, 2.45) is 11.5 Å². The maximum Gasteiger partial charge on any atom is 0.240 e. The zero-order valence-corrected chi connectivity index (χ0v) is 11.8. The third kappa shape index (κ3) is 3.29. The minimum absolute atomic E-state index is 0.221. The van der Waals surface area contributed by atoms with E-state index in [1.807, 2.05) is 12.1 Å². The molecule has 0 aliphatic carbocycles. The van der Waals surface area contributed by atoms with E-state index in [-0.39, 0.29) is 5.91 Å². The number of amides is 2. The molecule has 5 nitrogen and oxygen atoms in total. The summed E-state index contributed by atoms with van der Waals surface area (Å²) in [5, 5.41) is 0.641. The summed E-state index contributed by atoms with van der Waals surface area (Å²) in [5.41, 5.74) is 12.2. The molecule has 1 heterocycles. The molecular weight excluding hydrogens is 278 g/mol. The first-order chi connectivity index (χ1) is 9.49. The molecule has 6 heteroatoms. The van der Waals surface area contributed by atoms with E-state index in [1.165, 1.54) is 4.90 Å². The van der Waals surface area contributed by atoms with Crippen molar-refractivity contribution in [2.45, 2.75) is 31.3 Å². The summed E-state index contributed by atoms with van der Waals surface area (Å²) in [6.07, 6.45) is 1.82. The fourth-order valence-corrected chi connectivity index (χ4v) is 2.63. The third-order valence-electron chi connectivity index (χ3n) is 3.55. The van der Waals surface area contributed by atoms with E-state index >= 15 is 0 Å². The monoisotopic (exact) mass is 295 g/mol. The molecule has 0 aromatic heterocycles. The number of halogens is 1. The molecule has 1 saturated heterocycles. The standard InChI is InChI=1S/C14H18ClN3O2/c15-10-5-3-9(4-6-10)8-11(16)14(20)18-7-1-2-12(18)13(17)19/h3-6,11-12H,1-2,7-8,16H2,(H2,17,19)/t11-,12-/m0/s1. The zero-order chi connectivity index (χ0) is 14.7. The minimum Gasteiger partial charge on any atom is -0.368 e. The quantitative estimate of drug-likeness (QED) is 0.856. The second kappa shape index (κ2) is 6.24. The fourth-order valence-electron chi connectivity index (χ4n) is 2.50. The van der Waals surface area contributed by atoms with E-state index in [9.17, 15) is 9.59 Å². The second-order valence-electron chi connectivity index (χ2n) is 5.03. The van der Waals surface area contributed by atoms with Gasteiger partial charge in [0.05, 0.1) is 6.04 Å². The number of rotatable bonds is 4. The van der Waals surface area contributed by atoms with Crippen molar-refractivity contribution >= 4 is 23.4 Å². The van der Waals surface area contributed by atoms with Crippen molar-refractivity contribution in [3.8, 4) is 0 Å². The van der Waals surface area contributed by atoms with E-state index in [2.05, 4.69) is 0 Å². The highest BCUT2D eigenvalue weighted by molar-refractivity contribution is 6.30. The molecule has 4 N–H and O–H groups in total. The number of carbonyl (C=O) groups is 2. The summed E-state index contributed by atoms with van der Waals surface area (Å²) >= 11 is 5.81. The smallest absolute Gasteiger partial charge is 0.240 e. The Morgan fingerprint density at radius 2 is 2.00 bits per heavy atom.